The number of nitrogens with zero attached hydrogens (tertiary/aromatic N) is 2. The Labute approximate surface area is 158 Å². The molecule has 3 N–H and O–H groups in total. The molecule has 24 heavy (non-hydrogen) atoms. The third kappa shape index (κ3) is 4.28. The molecule has 0 unspecified atom stereocenters. The molecule has 7 heteroatoms. The Morgan fingerprint density at radius 2 is 2.17 bits per heavy atom. The van der Waals surface area contributed by atoms with Crippen LogP contribution in [-0.2, 0) is 13.0 Å². The van der Waals surface area contributed by atoms with Gasteiger partial charge in [-0.1, -0.05) is 23.4 Å². The highest BCUT2D eigenvalue weighted by Gasteiger charge is 2.06. The van der Waals surface area contributed by atoms with Gasteiger partial charge in [-0.25, -0.2) is 0 Å². The minimum absolute atomic E-state index is 0. The number of hydrogen-bond acceptors (Lipinski definition) is 3. The van der Waals surface area contributed by atoms with Crippen LogP contribution in [0.3, 0.4) is 0 Å². The maximum Gasteiger partial charge on any atom is 0.191 e. The molecule has 1 aromatic carbocycles. The zero-order chi connectivity index (χ0) is 16.1. The average molecular weight is 439 g/mol. The molecule has 3 rings (SSSR count). The Balaban J connectivity index is 0.00000208. The van der Waals surface area contributed by atoms with Crippen molar-refractivity contribution in [2.45, 2.75) is 19.9 Å². The van der Waals surface area contributed by atoms with Crippen molar-refractivity contribution in [2.24, 2.45) is 4.99 Å². The number of nitrogens with one attached hydrogen (secondary N) is 3. The molecule has 0 aliphatic rings. The van der Waals surface area contributed by atoms with Crippen LogP contribution in [0.1, 0.15) is 16.8 Å². The zero-order valence-electron chi connectivity index (χ0n) is 13.8. The van der Waals surface area contributed by atoms with Crippen molar-refractivity contribution in [3.05, 3.63) is 53.5 Å². The van der Waals surface area contributed by atoms with Crippen LogP contribution in [0.2, 0.25) is 0 Å². The Bertz CT molecular complexity index is 795. The molecular formula is C17H22IN5O. The van der Waals surface area contributed by atoms with Crippen LogP contribution in [0.5, 0.6) is 0 Å². The van der Waals surface area contributed by atoms with Gasteiger partial charge in [-0.3, -0.25) is 4.99 Å². The van der Waals surface area contributed by atoms with E-state index in [9.17, 15) is 0 Å². The summed E-state index contributed by atoms with van der Waals surface area (Å²) in [4.78, 5) is 7.57. The molecule has 6 nitrogen and oxygen atoms in total. The third-order valence-corrected chi connectivity index (χ3v) is 3.85. The summed E-state index contributed by atoms with van der Waals surface area (Å²) >= 11 is 0. The van der Waals surface area contributed by atoms with Gasteiger partial charge in [-0.05, 0) is 24.5 Å². The number of rotatable bonds is 5. The first-order valence-corrected chi connectivity index (χ1v) is 7.67. The molecular weight excluding hydrogens is 417 g/mol. The molecule has 0 bridgehead atoms. The van der Waals surface area contributed by atoms with E-state index in [1.807, 2.05) is 6.07 Å². The van der Waals surface area contributed by atoms with Crippen molar-refractivity contribution in [3.8, 4) is 0 Å². The van der Waals surface area contributed by atoms with Gasteiger partial charge in [0.05, 0.1) is 6.54 Å². The summed E-state index contributed by atoms with van der Waals surface area (Å²) in [5, 5.41) is 11.7. The lowest BCUT2D eigenvalue weighted by Crippen LogP contribution is -2.37. The summed E-state index contributed by atoms with van der Waals surface area (Å²) in [5.74, 6) is 0.754. The second kappa shape index (κ2) is 8.72. The Morgan fingerprint density at radius 1 is 1.29 bits per heavy atom. The summed E-state index contributed by atoms with van der Waals surface area (Å²) in [5.41, 5.74) is 4.64. The minimum Gasteiger partial charge on any atom is -0.364 e. The second-order valence-electron chi connectivity index (χ2n) is 5.40. The molecule has 0 aliphatic heterocycles. The van der Waals surface area contributed by atoms with Crippen LogP contribution in [0.4, 0.5) is 0 Å². The normalized spacial score (nSPS) is 11.3. The summed E-state index contributed by atoms with van der Waals surface area (Å²) in [6, 6.07) is 8.21. The van der Waals surface area contributed by atoms with E-state index in [-0.39, 0.29) is 24.0 Å². The van der Waals surface area contributed by atoms with E-state index in [0.717, 1.165) is 24.6 Å². The quantitative estimate of drug-likeness (QED) is 0.325. The van der Waals surface area contributed by atoms with Gasteiger partial charge in [0.1, 0.15) is 12.0 Å². The molecule has 2 heterocycles. The van der Waals surface area contributed by atoms with Crippen LogP contribution < -0.4 is 10.6 Å². The van der Waals surface area contributed by atoms with Crippen LogP contribution in [0.25, 0.3) is 10.9 Å². The maximum atomic E-state index is 4.81. The van der Waals surface area contributed by atoms with Gasteiger partial charge in [0, 0.05) is 36.8 Å². The first-order chi connectivity index (χ1) is 11.3. The van der Waals surface area contributed by atoms with E-state index in [1.54, 1.807) is 13.3 Å². The Morgan fingerprint density at radius 3 is 2.92 bits per heavy atom. The molecule has 0 saturated heterocycles. The fourth-order valence-corrected chi connectivity index (χ4v) is 2.61. The number of benzene rings is 1. The average Bonchev–Trinajstić information content (AvgIpc) is 3.21. The lowest BCUT2D eigenvalue weighted by atomic mass is 10.1. The van der Waals surface area contributed by atoms with Crippen LogP contribution in [-0.4, -0.2) is 29.7 Å². The number of aromatic amines is 1. The molecule has 0 amide bonds. The van der Waals surface area contributed by atoms with Crippen LogP contribution in [0, 0.1) is 6.92 Å². The smallest absolute Gasteiger partial charge is 0.191 e. The third-order valence-electron chi connectivity index (χ3n) is 3.85. The number of aliphatic imine (C=N–C) groups is 1. The van der Waals surface area contributed by atoms with Crippen molar-refractivity contribution in [2.75, 3.05) is 13.6 Å². The predicted octanol–water partition coefficient (Wildman–Crippen LogP) is 2.99. The molecule has 128 valence electrons. The van der Waals surface area contributed by atoms with Crippen molar-refractivity contribution in [1.82, 2.24) is 20.8 Å². The van der Waals surface area contributed by atoms with Crippen molar-refractivity contribution < 1.29 is 4.52 Å². The number of halogens is 1. The van der Waals surface area contributed by atoms with Gasteiger partial charge in [-0.2, -0.15) is 0 Å². The van der Waals surface area contributed by atoms with E-state index < -0.39 is 0 Å². The number of para-hydroxylation sites is 1. The van der Waals surface area contributed by atoms with Crippen molar-refractivity contribution in [1.29, 1.82) is 0 Å². The highest BCUT2D eigenvalue weighted by molar-refractivity contribution is 14.0. The summed E-state index contributed by atoms with van der Waals surface area (Å²) < 4.78 is 4.81. The number of hydrogen-bond donors (Lipinski definition) is 3. The zero-order valence-corrected chi connectivity index (χ0v) is 16.1. The first kappa shape index (κ1) is 18.3. The molecule has 0 fully saturated rings. The summed E-state index contributed by atoms with van der Waals surface area (Å²) in [6.07, 6.45) is 4.57. The topological polar surface area (TPSA) is 78.2 Å². The Hall–Kier alpha value is -2.03. The second-order valence-corrected chi connectivity index (χ2v) is 5.40. The molecule has 2 aromatic heterocycles. The van der Waals surface area contributed by atoms with E-state index in [4.69, 9.17) is 4.52 Å². The fraction of sp³-hybridized carbons (Fsp3) is 0.294. The molecule has 0 atom stereocenters. The Kier molecular flexibility index (Phi) is 6.65. The molecule has 0 aliphatic carbocycles. The van der Waals surface area contributed by atoms with Crippen molar-refractivity contribution >= 4 is 40.8 Å². The highest BCUT2D eigenvalue weighted by Crippen LogP contribution is 2.21. The summed E-state index contributed by atoms with van der Waals surface area (Å²) in [7, 11) is 1.76. The van der Waals surface area contributed by atoms with Gasteiger partial charge >= 0.3 is 0 Å². The van der Waals surface area contributed by atoms with E-state index in [0.29, 0.717) is 6.54 Å². The fourth-order valence-electron chi connectivity index (χ4n) is 2.61. The van der Waals surface area contributed by atoms with Gasteiger partial charge in [0.2, 0.25) is 0 Å². The van der Waals surface area contributed by atoms with Gasteiger partial charge in [-0.15, -0.1) is 24.0 Å². The molecule has 3 aromatic rings. The van der Waals surface area contributed by atoms with E-state index in [1.165, 1.54) is 22.0 Å². The monoisotopic (exact) mass is 439 g/mol. The predicted molar refractivity (Wildman–Crippen MR) is 107 cm³/mol. The molecule has 0 spiro atoms. The van der Waals surface area contributed by atoms with Crippen molar-refractivity contribution in [3.63, 3.8) is 0 Å². The maximum absolute atomic E-state index is 4.81. The standard InChI is InChI=1S/C17H21N5O.HI/c1-12-4-3-5-15-13(10-20-16(12)15)6-8-19-17(18-2)21-11-14-7-9-23-22-14;/h3-5,7,9-10,20H,6,8,11H2,1-2H3,(H2,18,19,21);1H. The number of aryl methyl sites for hydroxylation is 1. The SMILES string of the molecule is CN=C(NCCc1c[nH]c2c(C)cccc12)NCc1ccon1.I. The summed E-state index contributed by atoms with van der Waals surface area (Å²) in [6.45, 7) is 3.51. The molecule has 0 radical (unpaired) electrons. The first-order valence-electron chi connectivity index (χ1n) is 7.67. The minimum atomic E-state index is 0. The van der Waals surface area contributed by atoms with E-state index >= 15 is 0 Å². The lowest BCUT2D eigenvalue weighted by molar-refractivity contribution is 0.410. The van der Waals surface area contributed by atoms with Gasteiger partial charge in [0.15, 0.2) is 5.96 Å². The highest BCUT2D eigenvalue weighted by atomic mass is 127. The van der Waals surface area contributed by atoms with Gasteiger partial charge in [0.25, 0.3) is 0 Å². The largest absolute Gasteiger partial charge is 0.364 e. The lowest BCUT2D eigenvalue weighted by Gasteiger charge is -2.10. The number of fused-ring (bicyclic) bond motifs is 1. The number of H-pyrrole nitrogens is 1. The number of aromatic nitrogens is 2. The van der Waals surface area contributed by atoms with Crippen LogP contribution in [0.15, 0.2) is 46.2 Å². The number of guanidine groups is 1. The van der Waals surface area contributed by atoms with Gasteiger partial charge < -0.3 is 20.1 Å². The van der Waals surface area contributed by atoms with Crippen LogP contribution >= 0.6 is 24.0 Å². The molecule has 0 saturated carbocycles. The van der Waals surface area contributed by atoms with E-state index in [2.05, 4.69) is 57.1 Å².